The van der Waals surface area contributed by atoms with E-state index >= 15 is 0 Å². The summed E-state index contributed by atoms with van der Waals surface area (Å²) in [5.74, 6) is -0.390. The third-order valence-corrected chi connectivity index (χ3v) is 5.56. The Hall–Kier alpha value is -1.92. The molecular weight excluding hydrogens is 314 g/mol. The van der Waals surface area contributed by atoms with Crippen molar-refractivity contribution in [1.29, 1.82) is 0 Å². The topological polar surface area (TPSA) is 63.7 Å². The Labute approximate surface area is 137 Å². The summed E-state index contributed by atoms with van der Waals surface area (Å²) in [4.78, 5) is 11.3. The molecule has 0 N–H and O–H groups in total. The van der Waals surface area contributed by atoms with E-state index in [-0.39, 0.29) is 24.6 Å². The molecule has 1 aromatic rings. The molecule has 124 valence electrons. The molecule has 0 radical (unpaired) electrons. The maximum atomic E-state index is 12.8. The minimum absolute atomic E-state index is 0.0947. The number of ether oxygens (including phenoxy) is 1. The summed E-state index contributed by atoms with van der Waals surface area (Å²) in [5, 5.41) is 0. The lowest BCUT2D eigenvalue weighted by molar-refractivity contribution is -0.140. The second-order valence-electron chi connectivity index (χ2n) is 5.73. The van der Waals surface area contributed by atoms with E-state index in [0.717, 1.165) is 22.3 Å². The highest BCUT2D eigenvalue weighted by atomic mass is 32.2. The fourth-order valence-electron chi connectivity index (χ4n) is 2.44. The molecule has 0 aromatic heterocycles. The normalized spacial score (nSPS) is 15.8. The van der Waals surface area contributed by atoms with E-state index < -0.39 is 16.0 Å². The second kappa shape index (κ2) is 6.68. The summed E-state index contributed by atoms with van der Waals surface area (Å²) in [6.45, 7) is 9.52. The molecule has 0 fully saturated rings. The van der Waals surface area contributed by atoms with Gasteiger partial charge in [0.1, 0.15) is 6.61 Å². The number of carbonyl (C=O) groups is 1. The van der Waals surface area contributed by atoms with Gasteiger partial charge in [0.05, 0.1) is 4.90 Å². The van der Waals surface area contributed by atoms with E-state index in [4.69, 9.17) is 4.74 Å². The van der Waals surface area contributed by atoms with Gasteiger partial charge < -0.3 is 4.74 Å². The van der Waals surface area contributed by atoms with Gasteiger partial charge in [0, 0.05) is 20.0 Å². The van der Waals surface area contributed by atoms with Crippen LogP contribution in [0.5, 0.6) is 0 Å². The zero-order valence-electron chi connectivity index (χ0n) is 13.6. The van der Waals surface area contributed by atoms with Gasteiger partial charge in [-0.3, -0.25) is 4.79 Å². The van der Waals surface area contributed by atoms with Crippen LogP contribution in [0.2, 0.25) is 0 Å². The Morgan fingerprint density at radius 2 is 1.83 bits per heavy atom. The van der Waals surface area contributed by atoms with Crippen molar-refractivity contribution in [2.75, 3.05) is 19.7 Å². The van der Waals surface area contributed by atoms with E-state index in [1.165, 1.54) is 11.2 Å². The largest absolute Gasteiger partial charge is 0.461 e. The molecule has 23 heavy (non-hydrogen) atoms. The van der Waals surface area contributed by atoms with Crippen LogP contribution in [0.3, 0.4) is 0 Å². The fraction of sp³-hybridized carbons (Fsp3) is 0.353. The molecule has 1 aromatic carbocycles. The van der Waals surface area contributed by atoms with E-state index in [1.807, 2.05) is 13.8 Å². The van der Waals surface area contributed by atoms with Gasteiger partial charge in [-0.25, -0.2) is 8.42 Å². The van der Waals surface area contributed by atoms with Gasteiger partial charge in [-0.05, 0) is 37.1 Å². The number of rotatable bonds is 5. The Balaban J connectivity index is 2.25. The molecule has 0 unspecified atom stereocenters. The number of hydrogen-bond acceptors (Lipinski definition) is 4. The first-order valence-corrected chi connectivity index (χ1v) is 8.73. The highest BCUT2D eigenvalue weighted by Gasteiger charge is 2.32. The van der Waals surface area contributed by atoms with E-state index in [2.05, 4.69) is 6.58 Å². The predicted molar refractivity (Wildman–Crippen MR) is 88.4 cm³/mol. The van der Waals surface area contributed by atoms with Crippen molar-refractivity contribution in [3.05, 3.63) is 53.1 Å². The Kier molecular flexibility index (Phi) is 5.06. The average molecular weight is 335 g/mol. The van der Waals surface area contributed by atoms with Gasteiger partial charge in [0.2, 0.25) is 10.0 Å². The summed E-state index contributed by atoms with van der Waals surface area (Å²) < 4.78 is 31.9. The molecule has 0 atom stereocenters. The van der Waals surface area contributed by atoms with Gasteiger partial charge in [-0.2, -0.15) is 4.31 Å². The number of sulfonamides is 1. The first-order valence-electron chi connectivity index (χ1n) is 7.28. The van der Waals surface area contributed by atoms with Gasteiger partial charge in [0.15, 0.2) is 0 Å². The third-order valence-electron chi connectivity index (χ3n) is 3.75. The van der Waals surface area contributed by atoms with Crippen molar-refractivity contribution < 1.29 is 17.9 Å². The highest BCUT2D eigenvalue weighted by Crippen LogP contribution is 2.28. The lowest BCUT2D eigenvalue weighted by atomic mass is 10.1. The summed E-state index contributed by atoms with van der Waals surface area (Å²) >= 11 is 0. The summed E-state index contributed by atoms with van der Waals surface area (Å²) in [5.41, 5.74) is 3.40. The van der Waals surface area contributed by atoms with Crippen molar-refractivity contribution in [2.24, 2.45) is 0 Å². The molecular formula is C17H21NO4S. The summed E-state index contributed by atoms with van der Waals surface area (Å²) in [6, 6.07) is 6.76. The molecule has 0 aliphatic carbocycles. The predicted octanol–water partition coefficient (Wildman–Crippen LogP) is 2.44. The number of hydrogen-bond donors (Lipinski definition) is 0. The Morgan fingerprint density at radius 1 is 1.22 bits per heavy atom. The van der Waals surface area contributed by atoms with E-state index in [1.54, 1.807) is 24.3 Å². The molecule has 0 saturated carbocycles. The molecule has 6 heteroatoms. The van der Waals surface area contributed by atoms with Crippen LogP contribution in [-0.2, 0) is 19.6 Å². The van der Waals surface area contributed by atoms with Gasteiger partial charge in [0.25, 0.3) is 0 Å². The number of esters is 1. The van der Waals surface area contributed by atoms with Gasteiger partial charge in [-0.1, -0.05) is 29.8 Å². The van der Waals surface area contributed by atoms with Crippen LogP contribution in [-0.4, -0.2) is 38.4 Å². The quantitative estimate of drug-likeness (QED) is 0.775. The van der Waals surface area contributed by atoms with Crippen molar-refractivity contribution in [3.63, 3.8) is 0 Å². The summed E-state index contributed by atoms with van der Waals surface area (Å²) in [7, 11) is -3.58. The highest BCUT2D eigenvalue weighted by molar-refractivity contribution is 7.89. The third kappa shape index (κ3) is 3.89. The fourth-order valence-corrected chi connectivity index (χ4v) is 3.84. The zero-order chi connectivity index (χ0) is 17.2. The summed E-state index contributed by atoms with van der Waals surface area (Å²) in [6.07, 6.45) is 0. The molecule has 0 amide bonds. The van der Waals surface area contributed by atoms with E-state index in [9.17, 15) is 13.2 Å². The van der Waals surface area contributed by atoms with Crippen LogP contribution in [0.4, 0.5) is 0 Å². The maximum Gasteiger partial charge on any atom is 0.302 e. The monoisotopic (exact) mass is 335 g/mol. The van der Waals surface area contributed by atoms with Crippen LogP contribution < -0.4 is 0 Å². The lowest BCUT2D eigenvalue weighted by Crippen LogP contribution is -2.30. The number of benzene rings is 1. The van der Waals surface area contributed by atoms with Crippen LogP contribution in [0, 0.1) is 6.92 Å². The maximum absolute atomic E-state index is 12.8. The molecule has 0 bridgehead atoms. The zero-order valence-corrected chi connectivity index (χ0v) is 14.4. The number of carbonyl (C=O) groups excluding carboxylic acids is 1. The van der Waals surface area contributed by atoms with Gasteiger partial charge >= 0.3 is 5.97 Å². The van der Waals surface area contributed by atoms with Crippen LogP contribution in [0.25, 0.3) is 0 Å². The Bertz CT molecular complexity index is 760. The number of nitrogens with zero attached hydrogens (tertiary/aromatic N) is 1. The molecule has 0 spiro atoms. The minimum Gasteiger partial charge on any atom is -0.461 e. The first-order chi connectivity index (χ1) is 10.7. The SMILES string of the molecule is C=C(C)C1=C(COC(C)=O)CN(S(=O)(=O)c2ccc(C)cc2)C1. The van der Waals surface area contributed by atoms with E-state index in [0.29, 0.717) is 0 Å². The Morgan fingerprint density at radius 3 is 2.35 bits per heavy atom. The average Bonchev–Trinajstić information content (AvgIpc) is 2.90. The minimum atomic E-state index is -3.58. The van der Waals surface area contributed by atoms with Gasteiger partial charge in [-0.15, -0.1) is 0 Å². The standard InChI is InChI=1S/C17H21NO4S/c1-12(2)17-10-18(9-15(17)11-22-14(4)19)23(20,21)16-7-5-13(3)6-8-16/h5-8H,1,9-11H2,2-4H3. The molecule has 5 nitrogen and oxygen atoms in total. The number of aryl methyl sites for hydroxylation is 1. The second-order valence-corrected chi connectivity index (χ2v) is 7.67. The van der Waals surface area contributed by atoms with Crippen molar-refractivity contribution in [3.8, 4) is 0 Å². The van der Waals surface area contributed by atoms with Crippen molar-refractivity contribution in [1.82, 2.24) is 4.31 Å². The van der Waals surface area contributed by atoms with Crippen LogP contribution in [0.15, 0.2) is 52.5 Å². The molecule has 1 aliphatic rings. The van der Waals surface area contributed by atoms with Crippen LogP contribution >= 0.6 is 0 Å². The molecule has 1 heterocycles. The van der Waals surface area contributed by atoms with Crippen LogP contribution in [0.1, 0.15) is 19.4 Å². The smallest absolute Gasteiger partial charge is 0.302 e. The molecule has 2 rings (SSSR count). The van der Waals surface area contributed by atoms with Crippen molar-refractivity contribution in [2.45, 2.75) is 25.7 Å². The van der Waals surface area contributed by atoms with Crippen molar-refractivity contribution >= 4 is 16.0 Å². The molecule has 1 aliphatic heterocycles. The lowest BCUT2D eigenvalue weighted by Gasteiger charge is -2.17. The molecule has 0 saturated heterocycles. The first kappa shape index (κ1) is 17.4.